The Morgan fingerprint density at radius 3 is 1.62 bits per heavy atom. The lowest BCUT2D eigenvalue weighted by molar-refractivity contribution is -0.384. The predicted molar refractivity (Wildman–Crippen MR) is 78.7 cm³/mol. The van der Waals surface area contributed by atoms with Gasteiger partial charge in [0.1, 0.15) is 0 Å². The van der Waals surface area contributed by atoms with E-state index in [0.717, 1.165) is 19.3 Å². The van der Waals surface area contributed by atoms with E-state index in [-0.39, 0.29) is 6.61 Å². The molecule has 21 heavy (non-hydrogen) atoms. The first-order valence-corrected chi connectivity index (χ1v) is 9.04. The average Bonchev–Trinajstić information content (AvgIpc) is 2.43. The van der Waals surface area contributed by atoms with Gasteiger partial charge in [0.15, 0.2) is 0 Å². The maximum Gasteiger partial charge on any atom is 0.469 e. The molecular weight excluding hydrogens is 299 g/mol. The highest BCUT2D eigenvalue weighted by Crippen LogP contribution is 2.36. The highest BCUT2D eigenvalue weighted by Gasteiger charge is 2.33. The van der Waals surface area contributed by atoms with Crippen LogP contribution >= 0.6 is 7.82 Å². The molecule has 128 valence electrons. The van der Waals surface area contributed by atoms with Crippen molar-refractivity contribution in [1.29, 1.82) is 0 Å². The molecule has 0 aliphatic heterocycles. The Morgan fingerprint density at radius 2 is 1.29 bits per heavy atom. The SMILES string of the molecule is CCCOC(CCCOP(=O)(O)O)(OCCC)OCCC. The molecule has 0 atom stereocenters. The van der Waals surface area contributed by atoms with Crippen LogP contribution in [-0.2, 0) is 23.3 Å². The van der Waals surface area contributed by atoms with E-state index in [1.54, 1.807) is 0 Å². The minimum atomic E-state index is -4.43. The molecule has 0 aromatic rings. The van der Waals surface area contributed by atoms with Crippen LogP contribution in [0.25, 0.3) is 0 Å². The third kappa shape index (κ3) is 11.2. The molecule has 0 saturated carbocycles. The largest absolute Gasteiger partial charge is 0.469 e. The molecule has 0 saturated heterocycles. The van der Waals surface area contributed by atoms with Gasteiger partial charge in [-0.15, -0.1) is 0 Å². The Hall–Kier alpha value is -0.0100. The zero-order chi connectivity index (χ0) is 16.2. The van der Waals surface area contributed by atoms with Gasteiger partial charge in [0.25, 0.3) is 5.97 Å². The average molecular weight is 328 g/mol. The van der Waals surface area contributed by atoms with Crippen molar-refractivity contribution in [2.75, 3.05) is 26.4 Å². The van der Waals surface area contributed by atoms with Crippen molar-refractivity contribution >= 4 is 7.82 Å². The Kier molecular flexibility index (Phi) is 11.5. The minimum absolute atomic E-state index is 0.0769. The highest BCUT2D eigenvalue weighted by atomic mass is 31.2. The maximum absolute atomic E-state index is 10.7. The van der Waals surface area contributed by atoms with Crippen molar-refractivity contribution in [3.63, 3.8) is 0 Å². The first-order chi connectivity index (χ1) is 9.89. The van der Waals surface area contributed by atoms with Crippen molar-refractivity contribution in [3.05, 3.63) is 0 Å². The lowest BCUT2D eigenvalue weighted by Crippen LogP contribution is -2.40. The molecule has 0 radical (unpaired) electrons. The first-order valence-electron chi connectivity index (χ1n) is 7.51. The zero-order valence-electron chi connectivity index (χ0n) is 13.2. The summed E-state index contributed by atoms with van der Waals surface area (Å²) in [6.07, 6.45) is 3.19. The van der Waals surface area contributed by atoms with Crippen LogP contribution in [0.3, 0.4) is 0 Å². The molecule has 0 amide bonds. The van der Waals surface area contributed by atoms with E-state index in [9.17, 15) is 4.57 Å². The van der Waals surface area contributed by atoms with E-state index in [2.05, 4.69) is 4.52 Å². The Morgan fingerprint density at radius 1 is 0.857 bits per heavy atom. The fraction of sp³-hybridized carbons (Fsp3) is 1.00. The molecule has 0 aliphatic rings. The normalized spacial score (nSPS) is 12.8. The van der Waals surface area contributed by atoms with E-state index in [1.165, 1.54) is 0 Å². The van der Waals surface area contributed by atoms with Gasteiger partial charge in [0.2, 0.25) is 0 Å². The van der Waals surface area contributed by atoms with Crippen LogP contribution in [0.15, 0.2) is 0 Å². The lowest BCUT2D eigenvalue weighted by atomic mass is 10.2. The van der Waals surface area contributed by atoms with Crippen LogP contribution in [0.4, 0.5) is 0 Å². The monoisotopic (exact) mass is 328 g/mol. The van der Waals surface area contributed by atoms with Gasteiger partial charge in [-0.3, -0.25) is 4.52 Å². The number of phosphoric ester groups is 1. The number of phosphoric acid groups is 1. The third-order valence-corrected chi connectivity index (χ3v) is 2.98. The van der Waals surface area contributed by atoms with Gasteiger partial charge in [-0.1, -0.05) is 20.8 Å². The zero-order valence-corrected chi connectivity index (χ0v) is 14.1. The van der Waals surface area contributed by atoms with E-state index in [0.29, 0.717) is 32.7 Å². The number of rotatable bonds is 14. The summed E-state index contributed by atoms with van der Waals surface area (Å²) in [6, 6.07) is 0. The summed E-state index contributed by atoms with van der Waals surface area (Å²) >= 11 is 0. The molecular formula is C13H29O7P. The van der Waals surface area contributed by atoms with Crippen LogP contribution in [0.5, 0.6) is 0 Å². The number of hydrogen-bond acceptors (Lipinski definition) is 5. The van der Waals surface area contributed by atoms with Gasteiger partial charge in [0.05, 0.1) is 26.4 Å². The fourth-order valence-electron chi connectivity index (χ4n) is 1.59. The molecule has 2 N–H and O–H groups in total. The molecule has 0 fully saturated rings. The minimum Gasteiger partial charge on any atom is -0.327 e. The molecule has 0 aromatic heterocycles. The van der Waals surface area contributed by atoms with Gasteiger partial charge < -0.3 is 24.0 Å². The summed E-state index contributed by atoms with van der Waals surface area (Å²) < 4.78 is 32.3. The van der Waals surface area contributed by atoms with Crippen LogP contribution in [0.2, 0.25) is 0 Å². The summed E-state index contributed by atoms with van der Waals surface area (Å²) in [6.45, 7) is 7.36. The first kappa shape index (κ1) is 21.0. The Bertz CT molecular complexity index is 270. The second kappa shape index (κ2) is 11.5. The molecule has 0 spiro atoms. The standard InChI is InChI=1S/C13H29O7P/c1-4-9-17-13(18-10-5-2,19-11-6-3)8-7-12-20-21(14,15)16/h4-12H2,1-3H3,(H2,14,15,16). The molecule has 0 aromatic carbocycles. The molecule has 0 rings (SSSR count). The van der Waals surface area contributed by atoms with Gasteiger partial charge in [-0.25, -0.2) is 4.57 Å². The van der Waals surface area contributed by atoms with Crippen molar-refractivity contribution in [2.24, 2.45) is 0 Å². The maximum atomic E-state index is 10.7. The lowest BCUT2D eigenvalue weighted by Gasteiger charge is -2.33. The molecule has 0 unspecified atom stereocenters. The van der Waals surface area contributed by atoms with Crippen molar-refractivity contribution in [3.8, 4) is 0 Å². The molecule has 0 bridgehead atoms. The molecule has 7 nitrogen and oxygen atoms in total. The summed E-state index contributed by atoms with van der Waals surface area (Å²) in [5.74, 6) is -1.15. The van der Waals surface area contributed by atoms with Crippen molar-refractivity contribution in [1.82, 2.24) is 0 Å². The number of hydrogen-bond donors (Lipinski definition) is 2. The van der Waals surface area contributed by atoms with E-state index < -0.39 is 13.8 Å². The second-order valence-corrected chi connectivity index (χ2v) is 5.90. The van der Waals surface area contributed by atoms with E-state index in [4.69, 9.17) is 24.0 Å². The Labute approximate surface area is 127 Å². The van der Waals surface area contributed by atoms with Gasteiger partial charge in [0, 0.05) is 6.42 Å². The molecule has 0 aliphatic carbocycles. The van der Waals surface area contributed by atoms with Gasteiger partial charge >= 0.3 is 7.82 Å². The fourth-order valence-corrected chi connectivity index (χ4v) is 1.95. The van der Waals surface area contributed by atoms with Crippen molar-refractivity contribution in [2.45, 2.75) is 58.8 Å². The van der Waals surface area contributed by atoms with Crippen molar-refractivity contribution < 1.29 is 33.1 Å². The quantitative estimate of drug-likeness (QED) is 0.288. The molecule has 0 heterocycles. The summed E-state index contributed by atoms with van der Waals surface area (Å²) in [4.78, 5) is 17.3. The summed E-state index contributed by atoms with van der Waals surface area (Å²) in [7, 11) is -4.43. The topological polar surface area (TPSA) is 94.5 Å². The molecule has 8 heteroatoms. The third-order valence-electron chi connectivity index (χ3n) is 2.47. The van der Waals surface area contributed by atoms with Gasteiger partial charge in [-0.2, -0.15) is 0 Å². The summed E-state index contributed by atoms with van der Waals surface area (Å²) in [5, 5.41) is 0. The summed E-state index contributed by atoms with van der Waals surface area (Å²) in [5.41, 5.74) is 0. The highest BCUT2D eigenvalue weighted by molar-refractivity contribution is 7.46. The number of ether oxygens (including phenoxy) is 3. The van der Waals surface area contributed by atoms with Crippen LogP contribution in [-0.4, -0.2) is 42.2 Å². The van der Waals surface area contributed by atoms with E-state index in [1.807, 2.05) is 20.8 Å². The Balaban J connectivity index is 4.51. The predicted octanol–water partition coefficient (Wildman–Crippen LogP) is 2.81. The van der Waals surface area contributed by atoms with Crippen LogP contribution in [0.1, 0.15) is 52.9 Å². The van der Waals surface area contributed by atoms with E-state index >= 15 is 0 Å². The second-order valence-electron chi connectivity index (χ2n) is 4.66. The van der Waals surface area contributed by atoms with Crippen LogP contribution in [0, 0.1) is 0 Å². The smallest absolute Gasteiger partial charge is 0.327 e. The van der Waals surface area contributed by atoms with Gasteiger partial charge in [-0.05, 0) is 25.7 Å². The van der Waals surface area contributed by atoms with Crippen LogP contribution < -0.4 is 0 Å².